The molecule has 0 spiro atoms. The fourth-order valence-corrected chi connectivity index (χ4v) is 3.90. The summed E-state index contributed by atoms with van der Waals surface area (Å²) in [6.45, 7) is 8.79. The first kappa shape index (κ1) is 25.5. The van der Waals surface area contributed by atoms with Gasteiger partial charge < -0.3 is 9.84 Å². The van der Waals surface area contributed by atoms with E-state index in [0.717, 1.165) is 16.7 Å². The Morgan fingerprint density at radius 3 is 2.42 bits per heavy atom. The molecular weight excluding hydrogens is 483 g/mol. The second kappa shape index (κ2) is 9.79. The molecule has 186 valence electrons. The lowest BCUT2D eigenvalue weighted by molar-refractivity contribution is 0.0688. The maximum absolute atomic E-state index is 13.3. The van der Waals surface area contributed by atoms with Crippen molar-refractivity contribution in [3.8, 4) is 22.8 Å². The number of aromatic nitrogens is 4. The first-order valence-electron chi connectivity index (χ1n) is 11.3. The van der Waals surface area contributed by atoms with E-state index < -0.39 is 11.2 Å². The highest BCUT2D eigenvalue weighted by molar-refractivity contribution is 6.31. The van der Waals surface area contributed by atoms with E-state index in [4.69, 9.17) is 16.3 Å². The highest BCUT2D eigenvalue weighted by atomic mass is 35.5. The van der Waals surface area contributed by atoms with E-state index in [9.17, 15) is 14.3 Å². The molecule has 7 nitrogen and oxygen atoms in total. The van der Waals surface area contributed by atoms with Crippen LogP contribution >= 0.6 is 11.6 Å². The van der Waals surface area contributed by atoms with Gasteiger partial charge in [0.05, 0.1) is 11.4 Å². The SMILES string of the molecule is Cc1ccc(-c2nc(C(C)(C)O)ncc2C)cc1-n1c(C)nc(OCc2ccc(F)cc2)c(Cl)c1=O. The number of aryl methyl sites for hydroxylation is 3. The molecule has 0 aliphatic carbocycles. The van der Waals surface area contributed by atoms with Crippen molar-refractivity contribution in [1.82, 2.24) is 19.5 Å². The van der Waals surface area contributed by atoms with Crippen LogP contribution in [0.3, 0.4) is 0 Å². The van der Waals surface area contributed by atoms with E-state index in [0.29, 0.717) is 28.6 Å². The third-order valence-corrected chi connectivity index (χ3v) is 6.02. The number of rotatable bonds is 6. The largest absolute Gasteiger partial charge is 0.472 e. The van der Waals surface area contributed by atoms with Crippen LogP contribution in [0.25, 0.3) is 16.9 Å². The lowest BCUT2D eigenvalue weighted by Crippen LogP contribution is -2.24. The smallest absolute Gasteiger partial charge is 0.280 e. The number of aliphatic hydroxyl groups is 1. The van der Waals surface area contributed by atoms with Crippen LogP contribution in [-0.4, -0.2) is 24.6 Å². The Morgan fingerprint density at radius 1 is 1.06 bits per heavy atom. The highest BCUT2D eigenvalue weighted by Crippen LogP contribution is 2.28. The second-order valence-corrected chi connectivity index (χ2v) is 9.50. The Hall–Kier alpha value is -3.62. The second-order valence-electron chi connectivity index (χ2n) is 9.12. The molecule has 0 unspecified atom stereocenters. The quantitative estimate of drug-likeness (QED) is 0.384. The van der Waals surface area contributed by atoms with Crippen LogP contribution in [0.15, 0.2) is 53.5 Å². The Morgan fingerprint density at radius 2 is 1.75 bits per heavy atom. The van der Waals surface area contributed by atoms with Crippen LogP contribution in [-0.2, 0) is 12.2 Å². The van der Waals surface area contributed by atoms with E-state index in [1.807, 2.05) is 32.0 Å². The van der Waals surface area contributed by atoms with Crippen LogP contribution in [0.4, 0.5) is 4.39 Å². The van der Waals surface area contributed by atoms with Crippen LogP contribution in [0.2, 0.25) is 5.02 Å². The van der Waals surface area contributed by atoms with Crippen molar-refractivity contribution < 1.29 is 14.2 Å². The Labute approximate surface area is 213 Å². The standard InChI is InChI=1S/C27H26ClFN4O3/c1-15-6-9-19(23-16(2)13-30-26(32-23)27(4,5)35)12-21(15)33-17(3)31-24(22(28)25(33)34)36-14-18-7-10-20(29)11-8-18/h6-13,35H,14H2,1-5H3. The number of ether oxygens (including phenoxy) is 1. The van der Waals surface area contributed by atoms with Crippen LogP contribution in [0.5, 0.6) is 5.88 Å². The van der Waals surface area contributed by atoms with E-state index in [1.165, 1.54) is 16.7 Å². The van der Waals surface area contributed by atoms with Crippen molar-refractivity contribution in [3.05, 3.63) is 98.2 Å². The Kier molecular flexibility index (Phi) is 6.93. The highest BCUT2D eigenvalue weighted by Gasteiger charge is 2.22. The zero-order chi connectivity index (χ0) is 26.2. The third-order valence-electron chi connectivity index (χ3n) is 5.70. The minimum absolute atomic E-state index is 0.00927. The predicted octanol–water partition coefficient (Wildman–Crippen LogP) is 5.21. The molecule has 4 rings (SSSR count). The van der Waals surface area contributed by atoms with Gasteiger partial charge >= 0.3 is 0 Å². The molecule has 9 heteroatoms. The lowest BCUT2D eigenvalue weighted by Gasteiger charge is -2.18. The molecule has 0 aliphatic rings. The number of hydrogen-bond donors (Lipinski definition) is 1. The van der Waals surface area contributed by atoms with Crippen molar-refractivity contribution in [2.24, 2.45) is 0 Å². The molecule has 0 atom stereocenters. The van der Waals surface area contributed by atoms with Gasteiger partial charge in [-0.2, -0.15) is 4.98 Å². The topological polar surface area (TPSA) is 90.1 Å². The summed E-state index contributed by atoms with van der Waals surface area (Å²) in [5, 5.41) is 10.2. The molecule has 0 saturated carbocycles. The van der Waals surface area contributed by atoms with Gasteiger partial charge in [-0.3, -0.25) is 9.36 Å². The monoisotopic (exact) mass is 508 g/mol. The maximum atomic E-state index is 13.3. The van der Waals surface area contributed by atoms with Gasteiger partial charge in [-0.1, -0.05) is 35.9 Å². The normalized spacial score (nSPS) is 11.6. The maximum Gasteiger partial charge on any atom is 0.280 e. The number of hydrogen-bond acceptors (Lipinski definition) is 6. The number of nitrogens with zero attached hydrogens (tertiary/aromatic N) is 4. The van der Waals surface area contributed by atoms with Gasteiger partial charge in [0, 0.05) is 11.8 Å². The van der Waals surface area contributed by atoms with Gasteiger partial charge in [0.1, 0.15) is 23.8 Å². The Bertz CT molecular complexity index is 1500. The predicted molar refractivity (Wildman–Crippen MR) is 136 cm³/mol. The summed E-state index contributed by atoms with van der Waals surface area (Å²) in [5.41, 5.74) is 2.67. The third kappa shape index (κ3) is 5.15. The van der Waals surface area contributed by atoms with Gasteiger partial charge in [0.2, 0.25) is 5.88 Å². The Balaban J connectivity index is 1.75. The van der Waals surface area contributed by atoms with E-state index in [1.54, 1.807) is 39.1 Å². The molecular formula is C27H26ClFN4O3. The molecule has 2 aromatic heterocycles. The van der Waals surface area contributed by atoms with E-state index >= 15 is 0 Å². The number of benzene rings is 2. The molecule has 0 aliphatic heterocycles. The van der Waals surface area contributed by atoms with Gasteiger partial charge in [0.25, 0.3) is 5.56 Å². The molecule has 2 aromatic carbocycles. The number of halogens is 2. The summed E-state index contributed by atoms with van der Waals surface area (Å²) in [6, 6.07) is 11.5. The van der Waals surface area contributed by atoms with Crippen LogP contribution in [0.1, 0.15) is 42.2 Å². The average Bonchev–Trinajstić information content (AvgIpc) is 2.82. The summed E-state index contributed by atoms with van der Waals surface area (Å²) < 4.78 is 20.3. The van der Waals surface area contributed by atoms with Crippen molar-refractivity contribution in [2.45, 2.75) is 46.8 Å². The molecule has 4 aromatic rings. The first-order valence-corrected chi connectivity index (χ1v) is 11.7. The summed E-state index contributed by atoms with van der Waals surface area (Å²) in [5.74, 6) is 0.343. The summed E-state index contributed by atoms with van der Waals surface area (Å²) in [7, 11) is 0. The van der Waals surface area contributed by atoms with Gasteiger partial charge in [-0.25, -0.2) is 14.4 Å². The molecule has 1 N–H and O–H groups in total. The summed E-state index contributed by atoms with van der Waals surface area (Å²) in [6.07, 6.45) is 1.66. The molecule has 2 heterocycles. The average molecular weight is 509 g/mol. The molecule has 0 amide bonds. The fraction of sp³-hybridized carbons (Fsp3) is 0.259. The van der Waals surface area contributed by atoms with Crippen molar-refractivity contribution in [2.75, 3.05) is 0 Å². The lowest BCUT2D eigenvalue weighted by atomic mass is 10.0. The van der Waals surface area contributed by atoms with Gasteiger partial charge in [-0.05, 0) is 69.5 Å². The van der Waals surface area contributed by atoms with Crippen molar-refractivity contribution >= 4 is 11.6 Å². The first-order chi connectivity index (χ1) is 17.0. The van der Waals surface area contributed by atoms with Crippen LogP contribution in [0, 0.1) is 26.6 Å². The summed E-state index contributed by atoms with van der Waals surface area (Å²) in [4.78, 5) is 26.6. The van der Waals surface area contributed by atoms with E-state index in [2.05, 4.69) is 15.0 Å². The minimum Gasteiger partial charge on any atom is -0.472 e. The minimum atomic E-state index is -1.20. The van der Waals surface area contributed by atoms with E-state index in [-0.39, 0.29) is 23.3 Å². The molecule has 36 heavy (non-hydrogen) atoms. The van der Waals surface area contributed by atoms with Crippen molar-refractivity contribution in [3.63, 3.8) is 0 Å². The zero-order valence-electron chi connectivity index (χ0n) is 20.6. The molecule has 0 fully saturated rings. The zero-order valence-corrected chi connectivity index (χ0v) is 21.4. The van der Waals surface area contributed by atoms with Gasteiger partial charge in [-0.15, -0.1) is 0 Å². The summed E-state index contributed by atoms with van der Waals surface area (Å²) >= 11 is 6.39. The molecule has 0 radical (unpaired) electrons. The van der Waals surface area contributed by atoms with Crippen molar-refractivity contribution in [1.29, 1.82) is 0 Å². The fourth-order valence-electron chi connectivity index (χ4n) is 3.72. The van der Waals surface area contributed by atoms with Gasteiger partial charge in [0.15, 0.2) is 10.8 Å². The van der Waals surface area contributed by atoms with Crippen LogP contribution < -0.4 is 10.3 Å². The molecule has 0 bridgehead atoms. The molecule has 0 saturated heterocycles.